The predicted molar refractivity (Wildman–Crippen MR) is 68.2 cm³/mol. The molecule has 6 heteroatoms. The molecule has 0 saturated heterocycles. The Morgan fingerprint density at radius 3 is 2.94 bits per heavy atom. The third-order valence-corrected chi connectivity index (χ3v) is 2.03. The van der Waals surface area contributed by atoms with Crippen LogP contribution in [0.25, 0.3) is 6.08 Å². The van der Waals surface area contributed by atoms with Crippen molar-refractivity contribution in [2.24, 2.45) is 0 Å². The van der Waals surface area contributed by atoms with Gasteiger partial charge in [0.2, 0.25) is 0 Å². The molecule has 92 valence electrons. The highest BCUT2D eigenvalue weighted by Crippen LogP contribution is 2.05. The van der Waals surface area contributed by atoms with E-state index in [9.17, 15) is 4.79 Å². The van der Waals surface area contributed by atoms with Crippen LogP contribution in [0.15, 0.2) is 11.6 Å². The van der Waals surface area contributed by atoms with Crippen molar-refractivity contribution >= 4 is 24.2 Å². The summed E-state index contributed by atoms with van der Waals surface area (Å²) in [6, 6.07) is 1.62. The number of hydrogen-bond donors (Lipinski definition) is 3. The fraction of sp³-hybridized carbons (Fsp3) is 0.364. The van der Waals surface area contributed by atoms with Gasteiger partial charge in [-0.3, -0.25) is 4.79 Å². The quantitative estimate of drug-likeness (QED) is 0.706. The van der Waals surface area contributed by atoms with Gasteiger partial charge in [0.05, 0.1) is 6.61 Å². The number of aromatic nitrogens is 2. The van der Waals surface area contributed by atoms with E-state index < -0.39 is 0 Å². The second kappa shape index (κ2) is 6.27. The number of nitrogens with zero attached hydrogens (tertiary/aromatic N) is 1. The molecule has 3 N–H and O–H groups in total. The molecule has 0 unspecified atom stereocenters. The number of aliphatic hydroxyl groups excluding tert-OH is 1. The summed E-state index contributed by atoms with van der Waals surface area (Å²) in [5.74, 6) is -0.345. The van der Waals surface area contributed by atoms with Crippen molar-refractivity contribution in [2.75, 3.05) is 13.2 Å². The summed E-state index contributed by atoms with van der Waals surface area (Å²) in [5.41, 5.74) is 2.07. The molecule has 0 aliphatic heterocycles. The van der Waals surface area contributed by atoms with E-state index in [1.807, 2.05) is 19.9 Å². The maximum atomic E-state index is 11.6. The van der Waals surface area contributed by atoms with Gasteiger partial charge in [0, 0.05) is 12.2 Å². The molecule has 1 rings (SSSR count). The SMILES string of the molecule is CC(C)=Cc1cc(C(=O)NCCO)nc(=S)[nH]1. The Balaban J connectivity index is 3.01. The van der Waals surface area contributed by atoms with Gasteiger partial charge in [-0.2, -0.15) is 0 Å². The molecule has 0 radical (unpaired) electrons. The molecular formula is C11H15N3O2S. The molecule has 0 aliphatic carbocycles. The van der Waals surface area contributed by atoms with Crippen molar-refractivity contribution in [1.29, 1.82) is 0 Å². The van der Waals surface area contributed by atoms with Gasteiger partial charge in [-0.1, -0.05) is 5.57 Å². The lowest BCUT2D eigenvalue weighted by Gasteiger charge is -2.03. The topological polar surface area (TPSA) is 78.0 Å². The molecule has 0 aromatic carbocycles. The highest BCUT2D eigenvalue weighted by atomic mass is 32.1. The van der Waals surface area contributed by atoms with E-state index in [1.165, 1.54) is 0 Å². The molecule has 0 saturated carbocycles. The number of nitrogens with one attached hydrogen (secondary N) is 2. The van der Waals surface area contributed by atoms with Crippen LogP contribution < -0.4 is 5.32 Å². The van der Waals surface area contributed by atoms with Crippen molar-refractivity contribution in [1.82, 2.24) is 15.3 Å². The van der Waals surface area contributed by atoms with E-state index in [0.29, 0.717) is 0 Å². The summed E-state index contributed by atoms with van der Waals surface area (Å²) in [6.45, 7) is 3.99. The van der Waals surface area contributed by atoms with Crippen LogP contribution >= 0.6 is 12.2 Å². The first-order valence-electron chi connectivity index (χ1n) is 5.18. The van der Waals surface area contributed by atoms with Gasteiger partial charge in [-0.15, -0.1) is 0 Å². The number of aliphatic hydroxyl groups is 1. The fourth-order valence-corrected chi connectivity index (χ4v) is 1.46. The fourth-order valence-electron chi connectivity index (χ4n) is 1.24. The van der Waals surface area contributed by atoms with Gasteiger partial charge < -0.3 is 15.4 Å². The molecule has 1 aromatic rings. The second-order valence-electron chi connectivity index (χ2n) is 3.73. The normalized spacial score (nSPS) is 9.82. The van der Waals surface area contributed by atoms with Crippen molar-refractivity contribution in [3.8, 4) is 0 Å². The summed E-state index contributed by atoms with van der Waals surface area (Å²) >= 11 is 4.95. The Kier molecular flexibility index (Phi) is 4.99. The Morgan fingerprint density at radius 1 is 1.65 bits per heavy atom. The first-order chi connectivity index (χ1) is 8.02. The van der Waals surface area contributed by atoms with Crippen LogP contribution in [0, 0.1) is 4.77 Å². The van der Waals surface area contributed by atoms with Crippen LogP contribution in [-0.4, -0.2) is 34.1 Å². The standard InChI is InChI=1S/C11H15N3O2S/c1-7(2)5-8-6-9(14-11(17)13-8)10(16)12-3-4-15/h5-6,15H,3-4H2,1-2H3,(H,12,16)(H,13,14,17). The van der Waals surface area contributed by atoms with Crippen LogP contribution in [0.3, 0.4) is 0 Å². The van der Waals surface area contributed by atoms with Crippen molar-refractivity contribution < 1.29 is 9.90 Å². The molecular weight excluding hydrogens is 238 g/mol. The monoisotopic (exact) mass is 253 g/mol. The summed E-state index contributed by atoms with van der Waals surface area (Å²) in [6.07, 6.45) is 1.88. The van der Waals surface area contributed by atoms with Crippen LogP contribution in [0.1, 0.15) is 30.0 Å². The van der Waals surface area contributed by atoms with E-state index in [-0.39, 0.29) is 29.5 Å². The predicted octanol–water partition coefficient (Wildman–Crippen LogP) is 1.28. The van der Waals surface area contributed by atoms with Gasteiger partial charge in [-0.25, -0.2) is 4.98 Å². The highest BCUT2D eigenvalue weighted by molar-refractivity contribution is 7.71. The largest absolute Gasteiger partial charge is 0.395 e. The zero-order valence-electron chi connectivity index (χ0n) is 9.78. The molecule has 0 aliphatic rings. The van der Waals surface area contributed by atoms with Crippen molar-refractivity contribution in [3.05, 3.63) is 27.8 Å². The van der Waals surface area contributed by atoms with E-state index in [4.69, 9.17) is 17.3 Å². The summed E-state index contributed by atoms with van der Waals surface area (Å²) in [4.78, 5) is 18.4. The molecule has 5 nitrogen and oxygen atoms in total. The smallest absolute Gasteiger partial charge is 0.270 e. The lowest BCUT2D eigenvalue weighted by Crippen LogP contribution is -2.27. The first kappa shape index (κ1) is 13.5. The third-order valence-electron chi connectivity index (χ3n) is 1.84. The van der Waals surface area contributed by atoms with Crippen LogP contribution in [0.5, 0.6) is 0 Å². The third kappa shape index (κ3) is 4.46. The van der Waals surface area contributed by atoms with E-state index in [2.05, 4.69) is 15.3 Å². The lowest BCUT2D eigenvalue weighted by atomic mass is 10.2. The summed E-state index contributed by atoms with van der Waals surface area (Å²) < 4.78 is 0.258. The van der Waals surface area contributed by atoms with Crippen LogP contribution in [-0.2, 0) is 0 Å². The van der Waals surface area contributed by atoms with Gasteiger partial charge >= 0.3 is 0 Å². The number of amides is 1. The first-order valence-corrected chi connectivity index (χ1v) is 5.59. The van der Waals surface area contributed by atoms with Gasteiger partial charge in [0.15, 0.2) is 4.77 Å². The number of carbonyl (C=O) groups is 1. The number of H-pyrrole nitrogens is 1. The summed E-state index contributed by atoms with van der Waals surface area (Å²) in [5, 5.41) is 11.1. The van der Waals surface area contributed by atoms with E-state index in [0.717, 1.165) is 11.3 Å². The average molecular weight is 253 g/mol. The molecule has 1 heterocycles. The minimum absolute atomic E-state index is 0.105. The van der Waals surface area contributed by atoms with Crippen molar-refractivity contribution in [2.45, 2.75) is 13.8 Å². The minimum atomic E-state index is -0.345. The Labute approximate surface area is 105 Å². The van der Waals surface area contributed by atoms with Gasteiger partial charge in [0.1, 0.15) is 5.69 Å². The molecule has 0 spiro atoms. The number of rotatable bonds is 4. The number of hydrogen-bond acceptors (Lipinski definition) is 4. The van der Waals surface area contributed by atoms with Gasteiger partial charge in [0.25, 0.3) is 5.91 Å². The molecule has 1 amide bonds. The maximum Gasteiger partial charge on any atom is 0.270 e. The van der Waals surface area contributed by atoms with E-state index in [1.54, 1.807) is 6.07 Å². The van der Waals surface area contributed by atoms with Crippen LogP contribution in [0.2, 0.25) is 0 Å². The van der Waals surface area contributed by atoms with Gasteiger partial charge in [-0.05, 0) is 38.2 Å². The molecule has 0 atom stereocenters. The Bertz CT molecular complexity index is 490. The zero-order valence-corrected chi connectivity index (χ0v) is 10.6. The molecule has 17 heavy (non-hydrogen) atoms. The van der Waals surface area contributed by atoms with E-state index >= 15 is 0 Å². The molecule has 0 fully saturated rings. The molecule has 1 aromatic heterocycles. The number of carbonyl (C=O) groups excluding carboxylic acids is 1. The number of allylic oxidation sites excluding steroid dienone is 1. The van der Waals surface area contributed by atoms with Crippen molar-refractivity contribution in [3.63, 3.8) is 0 Å². The Hall–Kier alpha value is -1.53. The molecule has 0 bridgehead atoms. The second-order valence-corrected chi connectivity index (χ2v) is 4.11. The lowest BCUT2D eigenvalue weighted by molar-refractivity contribution is 0.0939. The maximum absolute atomic E-state index is 11.6. The van der Waals surface area contributed by atoms with Crippen LogP contribution in [0.4, 0.5) is 0 Å². The zero-order chi connectivity index (χ0) is 12.8. The highest BCUT2D eigenvalue weighted by Gasteiger charge is 2.07. The average Bonchev–Trinajstić information content (AvgIpc) is 2.24. The minimum Gasteiger partial charge on any atom is -0.395 e. The number of aromatic amines is 1. The summed E-state index contributed by atoms with van der Waals surface area (Å²) in [7, 11) is 0. The Morgan fingerprint density at radius 2 is 2.35 bits per heavy atom.